The number of rotatable bonds is 6. The van der Waals surface area contributed by atoms with Crippen LogP contribution in [0.3, 0.4) is 0 Å². The Morgan fingerprint density at radius 2 is 1.76 bits per heavy atom. The second-order valence-electron chi connectivity index (χ2n) is 7.19. The minimum absolute atomic E-state index is 0.0336. The number of hydrogen-bond donors (Lipinski definition) is 1. The highest BCUT2D eigenvalue weighted by atomic mass is 35.5. The molecule has 1 aliphatic heterocycles. The Bertz CT molecular complexity index is 1190. The van der Waals surface area contributed by atoms with Crippen molar-refractivity contribution < 1.29 is 27.1 Å². The predicted octanol–water partition coefficient (Wildman–Crippen LogP) is 2.39. The number of benzene rings is 2. The van der Waals surface area contributed by atoms with Crippen molar-refractivity contribution in [2.24, 2.45) is 0 Å². The number of ether oxygens (including phenoxy) is 1. The Labute approximate surface area is 196 Å². The molecule has 2 amide bonds. The molecule has 1 N–H and O–H groups in total. The maximum Gasteiger partial charge on any atom is 0.255 e. The van der Waals surface area contributed by atoms with Crippen molar-refractivity contribution in [1.29, 1.82) is 0 Å². The normalized spacial score (nSPS) is 14.5. The van der Waals surface area contributed by atoms with Crippen LogP contribution in [0.15, 0.2) is 47.4 Å². The van der Waals surface area contributed by atoms with Gasteiger partial charge in [0, 0.05) is 32.3 Å². The molecule has 33 heavy (non-hydrogen) atoms. The molecule has 1 fully saturated rings. The van der Waals surface area contributed by atoms with Crippen LogP contribution in [-0.4, -0.2) is 70.4 Å². The zero-order valence-electron chi connectivity index (χ0n) is 18.0. The number of piperazine rings is 1. The Kier molecular flexibility index (Phi) is 7.72. The quantitative estimate of drug-likeness (QED) is 0.621. The third-order valence-electron chi connectivity index (χ3n) is 5.20. The molecule has 176 valence electrons. The smallest absolute Gasteiger partial charge is 0.255 e. The molecular formula is C22H23ClFN3O5S. The van der Waals surface area contributed by atoms with Crippen molar-refractivity contribution in [3.8, 4) is 5.75 Å². The summed E-state index contributed by atoms with van der Waals surface area (Å²) in [6, 6.07) is 8.18. The number of nitrogens with one attached hydrogen (secondary N) is 1. The average molecular weight is 496 g/mol. The van der Waals surface area contributed by atoms with Crippen LogP contribution in [0.1, 0.15) is 15.9 Å². The van der Waals surface area contributed by atoms with Crippen LogP contribution in [0.2, 0.25) is 5.02 Å². The van der Waals surface area contributed by atoms with Gasteiger partial charge in [-0.3, -0.25) is 9.59 Å². The second kappa shape index (κ2) is 10.3. The van der Waals surface area contributed by atoms with Gasteiger partial charge in [-0.15, -0.1) is 0 Å². The van der Waals surface area contributed by atoms with Gasteiger partial charge in [-0.1, -0.05) is 17.7 Å². The van der Waals surface area contributed by atoms with E-state index in [1.807, 2.05) is 0 Å². The lowest BCUT2D eigenvalue weighted by atomic mass is 10.1. The Hall–Kier alpha value is -2.95. The zero-order valence-corrected chi connectivity index (χ0v) is 19.6. The lowest BCUT2D eigenvalue weighted by Crippen LogP contribution is -2.50. The van der Waals surface area contributed by atoms with Crippen molar-refractivity contribution in [2.45, 2.75) is 4.90 Å². The van der Waals surface area contributed by atoms with Crippen LogP contribution >= 0.6 is 11.6 Å². The zero-order chi connectivity index (χ0) is 24.2. The third kappa shape index (κ3) is 5.70. The number of halogens is 2. The van der Waals surface area contributed by atoms with E-state index in [0.717, 1.165) is 6.07 Å². The van der Waals surface area contributed by atoms with E-state index in [2.05, 4.69) is 4.72 Å². The van der Waals surface area contributed by atoms with Gasteiger partial charge in [-0.05, 0) is 49.0 Å². The largest absolute Gasteiger partial charge is 0.495 e. The summed E-state index contributed by atoms with van der Waals surface area (Å²) in [5.74, 6) is -0.920. The summed E-state index contributed by atoms with van der Waals surface area (Å²) >= 11 is 5.98. The first-order valence-electron chi connectivity index (χ1n) is 9.99. The van der Waals surface area contributed by atoms with E-state index in [0.29, 0.717) is 31.7 Å². The van der Waals surface area contributed by atoms with Gasteiger partial charge < -0.3 is 14.5 Å². The van der Waals surface area contributed by atoms with Gasteiger partial charge in [0.15, 0.2) is 0 Å². The summed E-state index contributed by atoms with van der Waals surface area (Å²) in [5.41, 5.74) is 0.724. The summed E-state index contributed by atoms with van der Waals surface area (Å²) in [6.07, 6.45) is 2.87. The molecule has 0 radical (unpaired) electrons. The monoisotopic (exact) mass is 495 g/mol. The van der Waals surface area contributed by atoms with E-state index in [4.69, 9.17) is 16.3 Å². The molecule has 3 rings (SSSR count). The SMILES string of the molecule is CNS(=O)(=O)c1cc(/C=C/C(=O)N2CCN(C(=O)c3ccc(F)cc3Cl)CC2)ccc1OC. The summed E-state index contributed by atoms with van der Waals surface area (Å²) in [4.78, 5) is 28.3. The fourth-order valence-corrected chi connectivity index (χ4v) is 4.53. The first-order chi connectivity index (χ1) is 15.7. The number of amides is 2. The lowest BCUT2D eigenvalue weighted by Gasteiger charge is -2.34. The number of carbonyl (C=O) groups excluding carboxylic acids is 2. The Morgan fingerprint density at radius 3 is 2.36 bits per heavy atom. The highest BCUT2D eigenvalue weighted by Crippen LogP contribution is 2.25. The summed E-state index contributed by atoms with van der Waals surface area (Å²) in [6.45, 7) is 1.24. The Balaban J connectivity index is 1.64. The van der Waals surface area contributed by atoms with Gasteiger partial charge in [0.2, 0.25) is 15.9 Å². The molecule has 1 saturated heterocycles. The number of nitrogens with zero attached hydrogens (tertiary/aromatic N) is 2. The number of methoxy groups -OCH3 is 1. The molecule has 0 aromatic heterocycles. The van der Waals surface area contributed by atoms with E-state index in [1.165, 1.54) is 50.6 Å². The standard InChI is InChI=1S/C22H23ClFN3O5S/c1-25-33(30,31)20-13-15(3-7-19(20)32-2)4-8-21(28)26-9-11-27(12-10-26)22(29)17-6-5-16(24)14-18(17)23/h3-8,13-14,25H,9-12H2,1-2H3/b8-4+. The van der Waals surface area contributed by atoms with E-state index in [9.17, 15) is 22.4 Å². The molecule has 1 aliphatic rings. The topological polar surface area (TPSA) is 96.0 Å². The van der Waals surface area contributed by atoms with Crippen molar-refractivity contribution in [2.75, 3.05) is 40.3 Å². The molecule has 2 aromatic rings. The third-order valence-corrected chi connectivity index (χ3v) is 6.95. The van der Waals surface area contributed by atoms with Crippen molar-refractivity contribution in [1.82, 2.24) is 14.5 Å². The van der Waals surface area contributed by atoms with E-state index < -0.39 is 15.8 Å². The van der Waals surface area contributed by atoms with Crippen LogP contribution < -0.4 is 9.46 Å². The highest BCUT2D eigenvalue weighted by molar-refractivity contribution is 7.89. The van der Waals surface area contributed by atoms with E-state index >= 15 is 0 Å². The molecule has 0 spiro atoms. The molecule has 8 nitrogen and oxygen atoms in total. The van der Waals surface area contributed by atoms with E-state index in [-0.39, 0.29) is 33.0 Å². The molecule has 2 aromatic carbocycles. The van der Waals surface area contributed by atoms with Gasteiger partial charge >= 0.3 is 0 Å². The minimum Gasteiger partial charge on any atom is -0.495 e. The molecule has 11 heteroatoms. The average Bonchev–Trinajstić information content (AvgIpc) is 2.82. The first kappa shape index (κ1) is 24.7. The van der Waals surface area contributed by atoms with Crippen LogP contribution in [-0.2, 0) is 14.8 Å². The molecule has 0 saturated carbocycles. The van der Waals surface area contributed by atoms with Crippen molar-refractivity contribution in [3.05, 3.63) is 64.4 Å². The fourth-order valence-electron chi connectivity index (χ4n) is 3.35. The number of carbonyl (C=O) groups is 2. The summed E-state index contributed by atoms with van der Waals surface area (Å²) in [5, 5.41) is 0.0422. The molecular weight excluding hydrogens is 473 g/mol. The maximum absolute atomic E-state index is 13.2. The summed E-state index contributed by atoms with van der Waals surface area (Å²) in [7, 11) is -1.06. The predicted molar refractivity (Wildman–Crippen MR) is 122 cm³/mol. The fraction of sp³-hybridized carbons (Fsp3) is 0.273. The molecule has 0 unspecified atom stereocenters. The maximum atomic E-state index is 13.2. The van der Waals surface area contributed by atoms with Crippen LogP contribution in [0.25, 0.3) is 6.08 Å². The summed E-state index contributed by atoms with van der Waals surface area (Å²) < 4.78 is 45.0. The van der Waals surface area contributed by atoms with Gasteiger partial charge in [-0.2, -0.15) is 0 Å². The second-order valence-corrected chi connectivity index (χ2v) is 9.45. The molecule has 1 heterocycles. The van der Waals surface area contributed by atoms with Gasteiger partial charge in [0.1, 0.15) is 16.5 Å². The minimum atomic E-state index is -3.74. The van der Waals surface area contributed by atoms with Gasteiger partial charge in [0.05, 0.1) is 17.7 Å². The molecule has 0 atom stereocenters. The highest BCUT2D eigenvalue weighted by Gasteiger charge is 2.25. The van der Waals surface area contributed by atoms with Crippen LogP contribution in [0.5, 0.6) is 5.75 Å². The molecule has 0 aliphatic carbocycles. The van der Waals surface area contributed by atoms with Gasteiger partial charge in [-0.25, -0.2) is 17.5 Å². The number of hydrogen-bond acceptors (Lipinski definition) is 5. The van der Waals surface area contributed by atoms with Gasteiger partial charge in [0.25, 0.3) is 5.91 Å². The molecule has 0 bridgehead atoms. The van der Waals surface area contributed by atoms with Crippen LogP contribution in [0.4, 0.5) is 4.39 Å². The van der Waals surface area contributed by atoms with Crippen LogP contribution in [0, 0.1) is 5.82 Å². The van der Waals surface area contributed by atoms with Crippen molar-refractivity contribution >= 4 is 39.5 Å². The Morgan fingerprint density at radius 1 is 1.09 bits per heavy atom. The first-order valence-corrected chi connectivity index (χ1v) is 11.9. The lowest BCUT2D eigenvalue weighted by molar-refractivity contribution is -0.127. The van der Waals surface area contributed by atoms with Crippen molar-refractivity contribution in [3.63, 3.8) is 0 Å². The van der Waals surface area contributed by atoms with E-state index in [1.54, 1.807) is 15.9 Å². The number of sulfonamides is 1.